The lowest BCUT2D eigenvalue weighted by Gasteiger charge is -2.34. The molecular formula is C10H12Cl6O2. The third-order valence-electron chi connectivity index (χ3n) is 2.19. The van der Waals surface area contributed by atoms with E-state index in [0.717, 1.165) is 6.08 Å². The maximum absolute atomic E-state index is 11.5. The number of rotatable bonds is 6. The van der Waals surface area contributed by atoms with Gasteiger partial charge >= 0.3 is 5.97 Å². The van der Waals surface area contributed by atoms with Gasteiger partial charge in [0.1, 0.15) is 0 Å². The predicted octanol–water partition coefficient (Wildman–Crippen LogP) is 4.55. The van der Waals surface area contributed by atoms with Gasteiger partial charge in [-0.05, 0) is 12.5 Å². The average molecular weight is 377 g/mol. The van der Waals surface area contributed by atoms with Gasteiger partial charge in [0.25, 0.3) is 0 Å². The first-order valence-corrected chi connectivity index (χ1v) is 7.65. The second-order valence-corrected chi connectivity index (χ2v) is 6.57. The van der Waals surface area contributed by atoms with Crippen molar-refractivity contribution in [2.45, 2.75) is 10.7 Å². The highest BCUT2D eigenvalue weighted by molar-refractivity contribution is 6.69. The Balaban J connectivity index is 5.55. The van der Waals surface area contributed by atoms with E-state index < -0.39 is 15.2 Å². The van der Waals surface area contributed by atoms with Crippen molar-refractivity contribution in [3.05, 3.63) is 11.6 Å². The van der Waals surface area contributed by atoms with Gasteiger partial charge in [-0.25, -0.2) is 4.79 Å². The third-order valence-corrected chi connectivity index (χ3v) is 4.34. The van der Waals surface area contributed by atoms with Crippen LogP contribution >= 0.6 is 69.6 Å². The number of carbonyl (C=O) groups excluding carboxylic acids is 1. The second kappa shape index (κ2) is 8.28. The first-order valence-electron chi connectivity index (χ1n) is 4.91. The molecule has 0 amide bonds. The standard InChI is InChI=1S/C10H12Cl6O2/c1-2-18-8(17)3-7(10(14,15)16)9(4-11,5-12)6-13/h3H,2,4-6H2,1H3/b7-3-. The highest BCUT2D eigenvalue weighted by atomic mass is 35.6. The Labute approximate surface area is 136 Å². The monoisotopic (exact) mass is 374 g/mol. The molecule has 0 spiro atoms. The van der Waals surface area contributed by atoms with Crippen LogP contribution in [0, 0.1) is 5.41 Å². The maximum atomic E-state index is 11.5. The number of hydrogen-bond donors (Lipinski definition) is 0. The summed E-state index contributed by atoms with van der Waals surface area (Å²) in [5.74, 6) is -0.596. The van der Waals surface area contributed by atoms with Crippen molar-refractivity contribution in [3.8, 4) is 0 Å². The van der Waals surface area contributed by atoms with E-state index in [2.05, 4.69) is 0 Å². The van der Waals surface area contributed by atoms with Gasteiger partial charge in [0, 0.05) is 29.1 Å². The van der Waals surface area contributed by atoms with Crippen LogP contribution < -0.4 is 0 Å². The van der Waals surface area contributed by atoms with Crippen LogP contribution in [0.25, 0.3) is 0 Å². The van der Waals surface area contributed by atoms with Gasteiger partial charge in [-0.1, -0.05) is 34.8 Å². The average Bonchev–Trinajstić information content (AvgIpc) is 2.29. The number of halogens is 6. The molecule has 0 radical (unpaired) electrons. The number of alkyl halides is 6. The molecule has 0 bridgehead atoms. The SMILES string of the molecule is CCOC(=O)/C=C(\C(Cl)(Cl)Cl)C(CCl)(CCl)CCl. The molecule has 0 heterocycles. The third kappa shape index (κ3) is 5.15. The molecule has 0 aliphatic rings. The largest absolute Gasteiger partial charge is 0.463 e. The molecule has 0 rings (SSSR count). The summed E-state index contributed by atoms with van der Waals surface area (Å²) in [6, 6.07) is 0. The van der Waals surface area contributed by atoms with Crippen LogP contribution in [-0.2, 0) is 9.53 Å². The second-order valence-electron chi connectivity index (χ2n) is 3.49. The van der Waals surface area contributed by atoms with Crippen LogP contribution in [0.5, 0.6) is 0 Å². The summed E-state index contributed by atoms with van der Waals surface area (Å²) in [5.41, 5.74) is -0.860. The van der Waals surface area contributed by atoms with E-state index in [1.54, 1.807) is 6.92 Å². The smallest absolute Gasteiger partial charge is 0.330 e. The lowest BCUT2D eigenvalue weighted by molar-refractivity contribution is -0.137. The van der Waals surface area contributed by atoms with Gasteiger partial charge in [0.2, 0.25) is 3.79 Å². The van der Waals surface area contributed by atoms with Crippen LogP contribution in [0.4, 0.5) is 0 Å². The number of carbonyl (C=O) groups is 1. The van der Waals surface area contributed by atoms with E-state index in [-0.39, 0.29) is 29.8 Å². The molecule has 106 valence electrons. The predicted molar refractivity (Wildman–Crippen MR) is 79.6 cm³/mol. The number of hydrogen-bond acceptors (Lipinski definition) is 2. The number of allylic oxidation sites excluding steroid dienone is 1. The van der Waals surface area contributed by atoms with Crippen molar-refractivity contribution in [3.63, 3.8) is 0 Å². The molecule has 0 saturated heterocycles. The lowest BCUT2D eigenvalue weighted by atomic mass is 9.86. The maximum Gasteiger partial charge on any atom is 0.330 e. The molecule has 0 aromatic heterocycles. The van der Waals surface area contributed by atoms with Crippen molar-refractivity contribution in [2.24, 2.45) is 5.41 Å². The molecule has 18 heavy (non-hydrogen) atoms. The van der Waals surface area contributed by atoms with Crippen LogP contribution in [0.2, 0.25) is 0 Å². The minimum atomic E-state index is -1.84. The zero-order valence-corrected chi connectivity index (χ0v) is 14.0. The normalized spacial score (nSPS) is 13.6. The summed E-state index contributed by atoms with van der Waals surface area (Å²) in [4.78, 5) is 11.5. The quantitative estimate of drug-likeness (QED) is 0.386. The van der Waals surface area contributed by atoms with E-state index >= 15 is 0 Å². The minimum Gasteiger partial charge on any atom is -0.463 e. The fourth-order valence-electron chi connectivity index (χ4n) is 1.16. The minimum absolute atomic E-state index is 0.0130. The first kappa shape index (κ1) is 18.9. The van der Waals surface area contributed by atoms with Gasteiger partial charge in [-0.3, -0.25) is 0 Å². The van der Waals surface area contributed by atoms with Gasteiger partial charge in [0.15, 0.2) is 0 Å². The summed E-state index contributed by atoms with van der Waals surface area (Å²) in [5, 5.41) is 0. The molecule has 0 saturated carbocycles. The topological polar surface area (TPSA) is 26.3 Å². The van der Waals surface area contributed by atoms with E-state index in [4.69, 9.17) is 74.3 Å². The first-order chi connectivity index (χ1) is 8.27. The molecule has 0 aromatic rings. The fourth-order valence-corrected chi connectivity index (χ4v) is 3.21. The molecule has 0 aromatic carbocycles. The highest BCUT2D eigenvalue weighted by Gasteiger charge is 2.43. The van der Waals surface area contributed by atoms with Gasteiger partial charge in [-0.15, -0.1) is 34.8 Å². The molecule has 0 unspecified atom stereocenters. The molecule has 0 N–H and O–H groups in total. The van der Waals surface area contributed by atoms with Gasteiger partial charge in [-0.2, -0.15) is 0 Å². The summed E-state index contributed by atoms with van der Waals surface area (Å²) in [6.45, 7) is 1.87. The van der Waals surface area contributed by atoms with Crippen molar-refractivity contribution in [1.29, 1.82) is 0 Å². The lowest BCUT2D eigenvalue weighted by Crippen LogP contribution is -2.36. The van der Waals surface area contributed by atoms with E-state index in [1.165, 1.54) is 0 Å². The van der Waals surface area contributed by atoms with E-state index in [0.29, 0.717) is 0 Å². The molecule has 8 heteroatoms. The van der Waals surface area contributed by atoms with E-state index in [1.807, 2.05) is 0 Å². The zero-order chi connectivity index (χ0) is 14.4. The van der Waals surface area contributed by atoms with Crippen molar-refractivity contribution in [1.82, 2.24) is 0 Å². The molecule has 0 fully saturated rings. The molecule has 0 aliphatic heterocycles. The molecule has 0 aliphatic carbocycles. The fraction of sp³-hybridized carbons (Fsp3) is 0.700. The summed E-state index contributed by atoms with van der Waals surface area (Å²) >= 11 is 35.1. The van der Waals surface area contributed by atoms with Crippen LogP contribution in [0.3, 0.4) is 0 Å². The van der Waals surface area contributed by atoms with Gasteiger partial charge in [0.05, 0.1) is 6.61 Å². The van der Waals surface area contributed by atoms with Gasteiger partial charge < -0.3 is 4.74 Å². The number of ether oxygens (including phenoxy) is 1. The zero-order valence-electron chi connectivity index (χ0n) is 9.49. The van der Waals surface area contributed by atoms with Crippen LogP contribution in [0.1, 0.15) is 6.92 Å². The molecule has 2 nitrogen and oxygen atoms in total. The Morgan fingerprint density at radius 2 is 1.56 bits per heavy atom. The Kier molecular flexibility index (Phi) is 8.72. The molecular weight excluding hydrogens is 365 g/mol. The Morgan fingerprint density at radius 1 is 1.11 bits per heavy atom. The summed E-state index contributed by atoms with van der Waals surface area (Å²) < 4.78 is 2.93. The van der Waals surface area contributed by atoms with Crippen LogP contribution in [-0.4, -0.2) is 34.0 Å². The Morgan fingerprint density at radius 3 is 1.83 bits per heavy atom. The highest BCUT2D eigenvalue weighted by Crippen LogP contribution is 2.46. The van der Waals surface area contributed by atoms with Crippen molar-refractivity contribution < 1.29 is 9.53 Å². The Hall–Kier alpha value is 0.950. The Bertz CT molecular complexity index is 298. The van der Waals surface area contributed by atoms with Crippen LogP contribution in [0.15, 0.2) is 11.6 Å². The molecule has 0 atom stereocenters. The van der Waals surface area contributed by atoms with Crippen molar-refractivity contribution >= 4 is 75.6 Å². The van der Waals surface area contributed by atoms with Crippen molar-refractivity contribution in [2.75, 3.05) is 24.2 Å². The summed E-state index contributed by atoms with van der Waals surface area (Å²) in [6.07, 6.45) is 1.09. The summed E-state index contributed by atoms with van der Waals surface area (Å²) in [7, 11) is 0. The van der Waals surface area contributed by atoms with E-state index in [9.17, 15) is 4.79 Å². The number of esters is 1.